The molecule has 2 unspecified atom stereocenters. The molecule has 2 atom stereocenters. The highest BCUT2D eigenvalue weighted by atomic mass is 35.5. The van der Waals surface area contributed by atoms with Gasteiger partial charge in [-0.3, -0.25) is 0 Å². The van der Waals surface area contributed by atoms with Crippen molar-refractivity contribution in [1.29, 1.82) is 0 Å². The lowest BCUT2D eigenvalue weighted by Gasteiger charge is -2.24. The van der Waals surface area contributed by atoms with E-state index >= 15 is 0 Å². The molecule has 1 heterocycles. The van der Waals surface area contributed by atoms with Crippen LogP contribution in [0, 0.1) is 5.92 Å². The Morgan fingerprint density at radius 2 is 2.00 bits per heavy atom. The van der Waals surface area contributed by atoms with Crippen molar-refractivity contribution >= 4 is 17.3 Å². The van der Waals surface area contributed by atoms with E-state index in [1.165, 1.54) is 11.3 Å². The summed E-state index contributed by atoms with van der Waals surface area (Å²) in [5, 5.41) is 0. The average Bonchev–Trinajstić information content (AvgIpc) is 2.71. The Hall–Kier alpha value is -0.730. The van der Waals surface area contributed by atoms with Gasteiger partial charge < -0.3 is 9.80 Å². The number of anilines is 1. The van der Waals surface area contributed by atoms with Crippen LogP contribution < -0.4 is 4.90 Å². The second-order valence-corrected chi connectivity index (χ2v) is 5.44. The van der Waals surface area contributed by atoms with Crippen molar-refractivity contribution in [1.82, 2.24) is 4.90 Å². The molecular formula is C14H21ClN2. The fourth-order valence-corrected chi connectivity index (χ4v) is 2.98. The van der Waals surface area contributed by atoms with Gasteiger partial charge in [0.1, 0.15) is 0 Å². The number of nitrogens with zero attached hydrogens (tertiary/aromatic N) is 2. The molecule has 0 saturated carbocycles. The van der Waals surface area contributed by atoms with Crippen molar-refractivity contribution in [2.24, 2.45) is 5.92 Å². The number of para-hydroxylation sites is 1. The predicted octanol–water partition coefficient (Wildman–Crippen LogP) is 2.81. The van der Waals surface area contributed by atoms with Crippen molar-refractivity contribution in [2.75, 3.05) is 32.1 Å². The van der Waals surface area contributed by atoms with Crippen molar-refractivity contribution in [3.8, 4) is 0 Å². The van der Waals surface area contributed by atoms with E-state index in [1.807, 2.05) is 0 Å². The van der Waals surface area contributed by atoms with Crippen molar-refractivity contribution in [3.63, 3.8) is 0 Å². The molecule has 0 radical (unpaired) electrons. The molecule has 1 saturated heterocycles. The topological polar surface area (TPSA) is 6.48 Å². The Labute approximate surface area is 109 Å². The number of benzene rings is 1. The van der Waals surface area contributed by atoms with E-state index < -0.39 is 0 Å². The zero-order chi connectivity index (χ0) is 12.4. The SMILES string of the molecule is CC1CN(c2ccccc2CCl)CC1N(C)C. The minimum absolute atomic E-state index is 0.591. The minimum Gasteiger partial charge on any atom is -0.369 e. The number of hydrogen-bond donors (Lipinski definition) is 0. The van der Waals surface area contributed by atoms with Gasteiger partial charge in [-0.2, -0.15) is 0 Å². The zero-order valence-electron chi connectivity index (χ0n) is 10.9. The summed E-state index contributed by atoms with van der Waals surface area (Å²) in [7, 11) is 4.33. The molecule has 1 fully saturated rings. The van der Waals surface area contributed by atoms with Crippen LogP contribution in [0.1, 0.15) is 12.5 Å². The van der Waals surface area contributed by atoms with Gasteiger partial charge in [-0.1, -0.05) is 25.1 Å². The maximum absolute atomic E-state index is 6.01. The highest BCUT2D eigenvalue weighted by Gasteiger charge is 2.31. The van der Waals surface area contributed by atoms with Crippen LogP contribution in [0.5, 0.6) is 0 Å². The Kier molecular flexibility index (Phi) is 3.95. The molecule has 94 valence electrons. The van der Waals surface area contributed by atoms with Crippen LogP contribution in [0.2, 0.25) is 0 Å². The largest absolute Gasteiger partial charge is 0.369 e. The first kappa shape index (κ1) is 12.7. The molecule has 0 bridgehead atoms. The Morgan fingerprint density at radius 3 is 2.59 bits per heavy atom. The minimum atomic E-state index is 0.591. The number of halogens is 1. The average molecular weight is 253 g/mol. The van der Waals surface area contributed by atoms with E-state index in [0.717, 1.165) is 13.1 Å². The van der Waals surface area contributed by atoms with Gasteiger partial charge in [-0.05, 0) is 31.6 Å². The van der Waals surface area contributed by atoms with Crippen LogP contribution in [0.25, 0.3) is 0 Å². The number of likely N-dealkylation sites (N-methyl/N-ethyl adjacent to an activating group) is 1. The highest BCUT2D eigenvalue weighted by Crippen LogP contribution is 2.29. The van der Waals surface area contributed by atoms with Crippen molar-refractivity contribution in [3.05, 3.63) is 29.8 Å². The first-order valence-corrected chi connectivity index (χ1v) is 6.72. The lowest BCUT2D eigenvalue weighted by molar-refractivity contribution is 0.266. The Bertz CT molecular complexity index is 378. The smallest absolute Gasteiger partial charge is 0.0494 e. The fourth-order valence-electron chi connectivity index (χ4n) is 2.75. The molecule has 1 aliphatic heterocycles. The van der Waals surface area contributed by atoms with Crippen molar-refractivity contribution < 1.29 is 0 Å². The molecule has 0 amide bonds. The second-order valence-electron chi connectivity index (χ2n) is 5.18. The molecule has 3 heteroatoms. The Balaban J connectivity index is 2.19. The van der Waals surface area contributed by atoms with Gasteiger partial charge in [0, 0.05) is 30.7 Å². The van der Waals surface area contributed by atoms with Gasteiger partial charge in [-0.25, -0.2) is 0 Å². The Morgan fingerprint density at radius 1 is 1.29 bits per heavy atom. The molecule has 2 rings (SSSR count). The summed E-state index contributed by atoms with van der Waals surface area (Å²) in [5.74, 6) is 1.29. The van der Waals surface area contributed by atoms with E-state index in [2.05, 4.69) is 55.1 Å². The van der Waals surface area contributed by atoms with Gasteiger partial charge in [0.2, 0.25) is 0 Å². The first-order chi connectivity index (χ1) is 8.13. The fraction of sp³-hybridized carbons (Fsp3) is 0.571. The third kappa shape index (κ3) is 2.58. The second kappa shape index (κ2) is 5.28. The van der Waals surface area contributed by atoms with Crippen LogP contribution in [0.15, 0.2) is 24.3 Å². The van der Waals surface area contributed by atoms with E-state index in [9.17, 15) is 0 Å². The molecule has 0 spiro atoms. The maximum Gasteiger partial charge on any atom is 0.0494 e. The van der Waals surface area contributed by atoms with Gasteiger partial charge in [-0.15, -0.1) is 11.6 Å². The monoisotopic (exact) mass is 252 g/mol. The molecule has 0 N–H and O–H groups in total. The van der Waals surface area contributed by atoms with E-state index in [-0.39, 0.29) is 0 Å². The third-order valence-corrected chi connectivity index (χ3v) is 4.00. The van der Waals surface area contributed by atoms with E-state index in [1.54, 1.807) is 0 Å². The van der Waals surface area contributed by atoms with Crippen LogP contribution in [0.3, 0.4) is 0 Å². The molecule has 17 heavy (non-hydrogen) atoms. The normalized spacial score (nSPS) is 24.6. The summed E-state index contributed by atoms with van der Waals surface area (Å²) in [6, 6.07) is 9.10. The molecule has 2 nitrogen and oxygen atoms in total. The summed E-state index contributed by atoms with van der Waals surface area (Å²) < 4.78 is 0. The molecule has 1 aromatic rings. The summed E-state index contributed by atoms with van der Waals surface area (Å²) >= 11 is 6.01. The first-order valence-electron chi connectivity index (χ1n) is 6.18. The van der Waals surface area contributed by atoms with Gasteiger partial charge in [0.05, 0.1) is 0 Å². The summed E-state index contributed by atoms with van der Waals surface area (Å²) in [6.07, 6.45) is 0. The number of alkyl halides is 1. The van der Waals surface area contributed by atoms with E-state index in [0.29, 0.717) is 17.8 Å². The molecular weight excluding hydrogens is 232 g/mol. The molecule has 0 aliphatic carbocycles. The van der Waals surface area contributed by atoms with Crippen LogP contribution >= 0.6 is 11.6 Å². The highest BCUT2D eigenvalue weighted by molar-refractivity contribution is 6.17. The van der Waals surface area contributed by atoms with Gasteiger partial charge in [0.25, 0.3) is 0 Å². The molecule has 1 aromatic carbocycles. The lowest BCUT2D eigenvalue weighted by atomic mass is 10.1. The number of hydrogen-bond acceptors (Lipinski definition) is 2. The van der Waals surface area contributed by atoms with Crippen molar-refractivity contribution in [2.45, 2.75) is 18.8 Å². The number of rotatable bonds is 3. The van der Waals surface area contributed by atoms with Crippen LogP contribution in [-0.4, -0.2) is 38.1 Å². The van der Waals surface area contributed by atoms with Crippen LogP contribution in [0.4, 0.5) is 5.69 Å². The predicted molar refractivity (Wildman–Crippen MR) is 74.9 cm³/mol. The molecule has 0 aromatic heterocycles. The quantitative estimate of drug-likeness (QED) is 0.764. The summed E-state index contributed by atoms with van der Waals surface area (Å²) in [4.78, 5) is 4.79. The van der Waals surface area contributed by atoms with Gasteiger partial charge in [0.15, 0.2) is 0 Å². The summed E-state index contributed by atoms with van der Waals surface area (Å²) in [6.45, 7) is 4.55. The zero-order valence-corrected chi connectivity index (χ0v) is 11.6. The lowest BCUT2D eigenvalue weighted by Crippen LogP contribution is -2.34. The standard InChI is InChI=1S/C14H21ClN2/c1-11-9-17(10-14(11)16(2)3)13-7-5-4-6-12(13)8-15/h4-7,11,14H,8-10H2,1-3H3. The third-order valence-electron chi connectivity index (χ3n) is 3.71. The van der Waals surface area contributed by atoms with Gasteiger partial charge >= 0.3 is 0 Å². The van der Waals surface area contributed by atoms with Crippen LogP contribution in [-0.2, 0) is 5.88 Å². The van der Waals surface area contributed by atoms with E-state index in [4.69, 9.17) is 11.6 Å². The summed E-state index contributed by atoms with van der Waals surface area (Å²) in [5.41, 5.74) is 2.54. The molecule has 1 aliphatic rings. The maximum atomic E-state index is 6.01.